The average molecular weight is 179 g/mol. The van der Waals surface area contributed by atoms with Crippen LogP contribution in [0.5, 0.6) is 0 Å². The van der Waals surface area contributed by atoms with Crippen molar-refractivity contribution in [2.75, 3.05) is 25.5 Å². The van der Waals surface area contributed by atoms with Gasteiger partial charge in [0.15, 0.2) is 0 Å². The van der Waals surface area contributed by atoms with Crippen LogP contribution in [-0.4, -0.2) is 25.1 Å². The van der Waals surface area contributed by atoms with Crippen molar-refractivity contribution in [3.63, 3.8) is 0 Å². The second-order valence-corrected chi connectivity index (χ2v) is 3.28. The van der Waals surface area contributed by atoms with E-state index in [-0.39, 0.29) is 0 Å². The maximum Gasteiger partial charge on any atom is 0.0371 e. The topological polar surface area (TPSA) is 37.0 Å². The molecule has 0 amide bonds. The first-order valence-electron chi connectivity index (χ1n) is 4.61. The van der Waals surface area contributed by atoms with Gasteiger partial charge in [0.25, 0.3) is 0 Å². The van der Waals surface area contributed by atoms with Crippen molar-refractivity contribution >= 4 is 5.69 Å². The maximum absolute atomic E-state index is 3.96. The SMILES string of the molecule is CNCC(C)CNc1ccncc1. The van der Waals surface area contributed by atoms with Crippen molar-refractivity contribution in [3.8, 4) is 0 Å². The van der Waals surface area contributed by atoms with E-state index in [0.29, 0.717) is 5.92 Å². The van der Waals surface area contributed by atoms with Crippen LogP contribution in [0.4, 0.5) is 5.69 Å². The Labute approximate surface area is 79.6 Å². The minimum absolute atomic E-state index is 0.637. The van der Waals surface area contributed by atoms with Gasteiger partial charge in [-0.15, -0.1) is 0 Å². The van der Waals surface area contributed by atoms with Gasteiger partial charge in [0, 0.05) is 24.6 Å². The fourth-order valence-corrected chi connectivity index (χ4v) is 1.18. The van der Waals surface area contributed by atoms with Crippen molar-refractivity contribution in [2.24, 2.45) is 5.92 Å². The second-order valence-electron chi connectivity index (χ2n) is 3.28. The molecule has 1 unspecified atom stereocenters. The van der Waals surface area contributed by atoms with E-state index >= 15 is 0 Å². The highest BCUT2D eigenvalue weighted by molar-refractivity contribution is 5.40. The number of anilines is 1. The summed E-state index contributed by atoms with van der Waals surface area (Å²) in [6.45, 7) is 4.24. The predicted octanol–water partition coefficient (Wildman–Crippen LogP) is 1.35. The second kappa shape index (κ2) is 5.54. The molecule has 1 aromatic heterocycles. The molecule has 1 atom stereocenters. The van der Waals surface area contributed by atoms with Gasteiger partial charge in [-0.1, -0.05) is 6.92 Å². The highest BCUT2D eigenvalue weighted by Crippen LogP contribution is 2.04. The molecule has 72 valence electrons. The van der Waals surface area contributed by atoms with Crippen LogP contribution < -0.4 is 10.6 Å². The summed E-state index contributed by atoms with van der Waals surface area (Å²) in [5.41, 5.74) is 1.14. The van der Waals surface area contributed by atoms with Crippen LogP contribution in [0.15, 0.2) is 24.5 Å². The lowest BCUT2D eigenvalue weighted by Gasteiger charge is -2.12. The molecule has 1 aromatic rings. The van der Waals surface area contributed by atoms with Crippen molar-refractivity contribution in [3.05, 3.63) is 24.5 Å². The highest BCUT2D eigenvalue weighted by Gasteiger charge is 1.98. The fraction of sp³-hybridized carbons (Fsp3) is 0.500. The lowest BCUT2D eigenvalue weighted by atomic mass is 10.2. The van der Waals surface area contributed by atoms with Gasteiger partial charge in [0.2, 0.25) is 0 Å². The van der Waals surface area contributed by atoms with Gasteiger partial charge in [-0.05, 0) is 31.6 Å². The Bertz CT molecular complexity index is 223. The largest absolute Gasteiger partial charge is 0.385 e. The number of aromatic nitrogens is 1. The van der Waals surface area contributed by atoms with Crippen LogP contribution >= 0.6 is 0 Å². The first kappa shape index (κ1) is 9.99. The molecule has 0 saturated carbocycles. The Hall–Kier alpha value is -1.09. The van der Waals surface area contributed by atoms with Crippen molar-refractivity contribution in [1.29, 1.82) is 0 Å². The predicted molar refractivity (Wildman–Crippen MR) is 55.8 cm³/mol. The third-order valence-corrected chi connectivity index (χ3v) is 1.89. The van der Waals surface area contributed by atoms with E-state index in [1.54, 1.807) is 12.4 Å². The molecule has 3 heteroatoms. The zero-order valence-corrected chi connectivity index (χ0v) is 8.25. The van der Waals surface area contributed by atoms with Gasteiger partial charge in [-0.2, -0.15) is 0 Å². The van der Waals surface area contributed by atoms with E-state index in [1.807, 2.05) is 19.2 Å². The van der Waals surface area contributed by atoms with Crippen molar-refractivity contribution < 1.29 is 0 Å². The van der Waals surface area contributed by atoms with Crippen LogP contribution in [0.2, 0.25) is 0 Å². The van der Waals surface area contributed by atoms with E-state index in [0.717, 1.165) is 18.8 Å². The van der Waals surface area contributed by atoms with Crippen molar-refractivity contribution in [2.45, 2.75) is 6.92 Å². The number of hydrogen-bond donors (Lipinski definition) is 2. The van der Waals surface area contributed by atoms with E-state index in [4.69, 9.17) is 0 Å². The molecule has 2 N–H and O–H groups in total. The molecule has 1 heterocycles. The Balaban J connectivity index is 2.27. The standard InChI is InChI=1S/C10H17N3/c1-9(7-11-2)8-13-10-3-5-12-6-4-10/h3-6,9,11H,7-8H2,1-2H3,(H,12,13). The van der Waals surface area contributed by atoms with Gasteiger partial charge in [-0.25, -0.2) is 0 Å². The summed E-state index contributed by atoms with van der Waals surface area (Å²) in [6.07, 6.45) is 3.59. The fourth-order valence-electron chi connectivity index (χ4n) is 1.18. The van der Waals surface area contributed by atoms with Gasteiger partial charge in [0.05, 0.1) is 0 Å². The number of nitrogens with zero attached hydrogens (tertiary/aromatic N) is 1. The Morgan fingerprint density at radius 1 is 1.31 bits per heavy atom. The third-order valence-electron chi connectivity index (χ3n) is 1.89. The van der Waals surface area contributed by atoms with Crippen LogP contribution in [0, 0.1) is 5.92 Å². The molecule has 1 rings (SSSR count). The van der Waals surface area contributed by atoms with Crippen LogP contribution in [0.25, 0.3) is 0 Å². The molecule has 0 aliphatic rings. The van der Waals surface area contributed by atoms with Gasteiger partial charge in [-0.3, -0.25) is 4.98 Å². The van der Waals surface area contributed by atoms with Gasteiger partial charge < -0.3 is 10.6 Å². The van der Waals surface area contributed by atoms with Crippen LogP contribution in [-0.2, 0) is 0 Å². The Morgan fingerprint density at radius 2 is 2.00 bits per heavy atom. The summed E-state index contributed by atoms with van der Waals surface area (Å²) in [6, 6.07) is 3.96. The monoisotopic (exact) mass is 179 g/mol. The first-order chi connectivity index (χ1) is 6.33. The van der Waals surface area contributed by atoms with E-state index in [9.17, 15) is 0 Å². The molecule has 0 aliphatic heterocycles. The number of pyridine rings is 1. The molecule has 13 heavy (non-hydrogen) atoms. The van der Waals surface area contributed by atoms with Crippen LogP contribution in [0.3, 0.4) is 0 Å². The Morgan fingerprint density at radius 3 is 2.62 bits per heavy atom. The minimum Gasteiger partial charge on any atom is -0.385 e. The number of hydrogen-bond acceptors (Lipinski definition) is 3. The number of nitrogens with one attached hydrogen (secondary N) is 2. The molecular formula is C10H17N3. The summed E-state index contributed by atoms with van der Waals surface area (Å²) in [7, 11) is 1.98. The number of rotatable bonds is 5. The quantitative estimate of drug-likeness (QED) is 0.716. The molecule has 0 aliphatic carbocycles. The highest BCUT2D eigenvalue weighted by atomic mass is 14.9. The summed E-state index contributed by atoms with van der Waals surface area (Å²) in [4.78, 5) is 3.96. The molecule has 0 spiro atoms. The molecule has 3 nitrogen and oxygen atoms in total. The molecule has 0 aromatic carbocycles. The Kier molecular flexibility index (Phi) is 4.26. The summed E-state index contributed by atoms with van der Waals surface area (Å²) in [5, 5.41) is 6.50. The smallest absolute Gasteiger partial charge is 0.0371 e. The zero-order chi connectivity index (χ0) is 9.52. The van der Waals surface area contributed by atoms with E-state index < -0.39 is 0 Å². The molecule has 0 radical (unpaired) electrons. The summed E-state index contributed by atoms with van der Waals surface area (Å²) in [5.74, 6) is 0.637. The van der Waals surface area contributed by atoms with Gasteiger partial charge in [0.1, 0.15) is 0 Å². The maximum atomic E-state index is 3.96. The summed E-state index contributed by atoms with van der Waals surface area (Å²) < 4.78 is 0. The van der Waals surface area contributed by atoms with Gasteiger partial charge >= 0.3 is 0 Å². The molecule has 0 fully saturated rings. The third kappa shape index (κ3) is 3.90. The zero-order valence-electron chi connectivity index (χ0n) is 8.25. The summed E-state index contributed by atoms with van der Waals surface area (Å²) >= 11 is 0. The van der Waals surface area contributed by atoms with Crippen molar-refractivity contribution in [1.82, 2.24) is 10.3 Å². The van der Waals surface area contributed by atoms with E-state index in [2.05, 4.69) is 22.5 Å². The first-order valence-corrected chi connectivity index (χ1v) is 4.61. The van der Waals surface area contributed by atoms with E-state index in [1.165, 1.54) is 0 Å². The minimum atomic E-state index is 0.637. The van der Waals surface area contributed by atoms with Crippen LogP contribution in [0.1, 0.15) is 6.92 Å². The normalized spacial score (nSPS) is 12.5. The molecular weight excluding hydrogens is 162 g/mol. The molecule has 0 saturated heterocycles. The lowest BCUT2D eigenvalue weighted by Crippen LogP contribution is -2.22. The average Bonchev–Trinajstić information content (AvgIpc) is 2.17. The lowest BCUT2D eigenvalue weighted by molar-refractivity contribution is 0.569. The molecule has 0 bridgehead atoms.